The number of carbonyl (C=O) groups excluding carboxylic acids is 1. The van der Waals surface area contributed by atoms with E-state index in [4.69, 9.17) is 27.9 Å². The first-order valence-electron chi connectivity index (χ1n) is 5.40. The van der Waals surface area contributed by atoms with Crippen LogP contribution in [0.1, 0.15) is 6.92 Å². The van der Waals surface area contributed by atoms with E-state index >= 15 is 0 Å². The number of aryl methyl sites for hydroxylation is 1. The Balaban J connectivity index is 2.28. The highest BCUT2D eigenvalue weighted by molar-refractivity contribution is 6.44. The fourth-order valence-electron chi connectivity index (χ4n) is 1.46. The van der Waals surface area contributed by atoms with E-state index in [-0.39, 0.29) is 16.0 Å². The molecule has 1 heterocycles. The highest BCUT2D eigenvalue weighted by Gasteiger charge is 2.13. The van der Waals surface area contributed by atoms with Gasteiger partial charge in [-0.05, 0) is 12.1 Å². The molecule has 0 aliphatic carbocycles. The van der Waals surface area contributed by atoms with E-state index in [0.29, 0.717) is 17.3 Å². The van der Waals surface area contributed by atoms with Crippen LogP contribution >= 0.6 is 23.2 Å². The Morgan fingerprint density at radius 3 is 2.63 bits per heavy atom. The lowest BCUT2D eigenvalue weighted by Gasteiger charge is -2.10. The molecule has 0 bridgehead atoms. The van der Waals surface area contributed by atoms with Crippen molar-refractivity contribution in [3.05, 3.63) is 34.4 Å². The number of amides is 1. The van der Waals surface area contributed by atoms with Crippen molar-refractivity contribution < 1.29 is 9.53 Å². The molecule has 0 aliphatic rings. The van der Waals surface area contributed by atoms with Gasteiger partial charge in [0, 0.05) is 26.2 Å². The molecule has 0 saturated carbocycles. The molecular weight excluding hydrogens is 289 g/mol. The molecule has 1 aromatic carbocycles. The van der Waals surface area contributed by atoms with Crippen molar-refractivity contribution in [3.8, 4) is 11.6 Å². The number of hydrogen-bond donors (Lipinski definition) is 1. The molecule has 0 spiro atoms. The van der Waals surface area contributed by atoms with Gasteiger partial charge in [0.05, 0.1) is 10.7 Å². The molecule has 0 fully saturated rings. The van der Waals surface area contributed by atoms with Crippen LogP contribution < -0.4 is 10.1 Å². The molecule has 2 aromatic rings. The molecule has 7 heteroatoms. The number of nitrogens with zero attached hydrogens (tertiary/aromatic N) is 2. The second-order valence-corrected chi connectivity index (χ2v) is 4.61. The van der Waals surface area contributed by atoms with Gasteiger partial charge in [0.1, 0.15) is 10.8 Å². The number of carbonyl (C=O) groups is 1. The minimum Gasteiger partial charge on any atom is -0.436 e. The van der Waals surface area contributed by atoms with Gasteiger partial charge in [0.25, 0.3) is 0 Å². The second-order valence-electron chi connectivity index (χ2n) is 3.85. The number of aromatic nitrogens is 2. The van der Waals surface area contributed by atoms with Crippen LogP contribution in [-0.4, -0.2) is 15.7 Å². The first-order chi connectivity index (χ1) is 8.97. The normalized spacial score (nSPS) is 10.3. The summed E-state index contributed by atoms with van der Waals surface area (Å²) in [4.78, 5) is 11.0. The Morgan fingerprint density at radius 2 is 2.05 bits per heavy atom. The number of hydrogen-bond acceptors (Lipinski definition) is 3. The van der Waals surface area contributed by atoms with Gasteiger partial charge in [0.2, 0.25) is 11.8 Å². The molecule has 5 nitrogen and oxygen atoms in total. The average Bonchev–Trinajstić information content (AvgIpc) is 2.74. The fraction of sp³-hybridized carbons (Fsp3) is 0.167. The Bertz CT molecular complexity index is 625. The molecule has 0 aliphatic heterocycles. The van der Waals surface area contributed by atoms with E-state index in [1.54, 1.807) is 36.1 Å². The van der Waals surface area contributed by atoms with Crippen molar-refractivity contribution in [2.75, 3.05) is 5.32 Å². The summed E-state index contributed by atoms with van der Waals surface area (Å²) in [5.74, 6) is 0.559. The highest BCUT2D eigenvalue weighted by atomic mass is 35.5. The predicted molar refractivity (Wildman–Crippen MR) is 74.0 cm³/mol. The molecule has 0 saturated heterocycles. The minimum absolute atomic E-state index is 0.221. The van der Waals surface area contributed by atoms with Crippen LogP contribution in [0.4, 0.5) is 5.69 Å². The van der Waals surface area contributed by atoms with Crippen LogP contribution in [0.5, 0.6) is 11.6 Å². The third kappa shape index (κ3) is 3.19. The Kier molecular flexibility index (Phi) is 3.97. The van der Waals surface area contributed by atoms with Gasteiger partial charge in [0.15, 0.2) is 0 Å². The minimum atomic E-state index is -0.226. The van der Waals surface area contributed by atoms with E-state index in [9.17, 15) is 4.79 Å². The van der Waals surface area contributed by atoms with Gasteiger partial charge < -0.3 is 10.1 Å². The standard InChI is InChI=1S/C12H11Cl2N3O2/c1-7(18)15-8-3-4-9(12(14)11(8)13)19-10-5-6-17(2)16-10/h3-6H,1-2H3,(H,15,18). The zero-order valence-electron chi connectivity index (χ0n) is 10.3. The number of rotatable bonds is 3. The van der Waals surface area contributed by atoms with Crippen LogP contribution in [0, 0.1) is 0 Å². The third-order valence-corrected chi connectivity index (χ3v) is 3.13. The van der Waals surface area contributed by atoms with E-state index in [2.05, 4.69) is 10.4 Å². The van der Waals surface area contributed by atoms with Gasteiger partial charge in [-0.3, -0.25) is 9.48 Å². The quantitative estimate of drug-likeness (QED) is 0.944. The van der Waals surface area contributed by atoms with Crippen molar-refractivity contribution in [3.63, 3.8) is 0 Å². The first kappa shape index (κ1) is 13.7. The maximum absolute atomic E-state index is 11.0. The number of benzene rings is 1. The monoisotopic (exact) mass is 299 g/mol. The second kappa shape index (κ2) is 5.50. The molecular formula is C12H11Cl2N3O2. The molecule has 0 atom stereocenters. The van der Waals surface area contributed by atoms with Crippen molar-refractivity contribution >= 4 is 34.8 Å². The molecule has 1 amide bonds. The molecule has 1 N–H and O–H groups in total. The summed E-state index contributed by atoms with van der Waals surface area (Å²) >= 11 is 12.2. The molecule has 0 unspecified atom stereocenters. The van der Waals surface area contributed by atoms with Crippen LogP contribution in [0.15, 0.2) is 24.4 Å². The molecule has 2 rings (SSSR count). The van der Waals surface area contributed by atoms with Gasteiger partial charge in [-0.15, -0.1) is 5.10 Å². The van der Waals surface area contributed by atoms with Crippen LogP contribution in [0.25, 0.3) is 0 Å². The highest BCUT2D eigenvalue weighted by Crippen LogP contribution is 2.39. The summed E-state index contributed by atoms with van der Waals surface area (Å²) in [6, 6.07) is 4.94. The molecule has 100 valence electrons. The molecule has 0 radical (unpaired) electrons. The smallest absolute Gasteiger partial charge is 0.238 e. The fourth-order valence-corrected chi connectivity index (χ4v) is 1.86. The van der Waals surface area contributed by atoms with Gasteiger partial charge in [-0.25, -0.2) is 0 Å². The first-order valence-corrected chi connectivity index (χ1v) is 6.16. The third-order valence-electron chi connectivity index (χ3n) is 2.26. The Hall–Kier alpha value is -1.72. The molecule has 1 aromatic heterocycles. The van der Waals surface area contributed by atoms with Gasteiger partial charge in [-0.1, -0.05) is 23.2 Å². The lowest BCUT2D eigenvalue weighted by molar-refractivity contribution is -0.114. The summed E-state index contributed by atoms with van der Waals surface area (Å²) in [5.41, 5.74) is 0.438. The summed E-state index contributed by atoms with van der Waals surface area (Å²) in [6.45, 7) is 1.39. The van der Waals surface area contributed by atoms with E-state index in [1.165, 1.54) is 6.92 Å². The Labute approximate surface area is 120 Å². The lowest BCUT2D eigenvalue weighted by atomic mass is 10.3. The summed E-state index contributed by atoms with van der Waals surface area (Å²) < 4.78 is 7.12. The maximum atomic E-state index is 11.0. The van der Waals surface area contributed by atoms with E-state index in [1.807, 2.05) is 0 Å². The van der Waals surface area contributed by atoms with Crippen LogP contribution in [0.2, 0.25) is 10.0 Å². The largest absolute Gasteiger partial charge is 0.436 e. The predicted octanol–water partition coefficient (Wildman–Crippen LogP) is 3.48. The topological polar surface area (TPSA) is 56.1 Å². The number of anilines is 1. The van der Waals surface area contributed by atoms with Crippen molar-refractivity contribution in [2.45, 2.75) is 6.92 Å². The summed E-state index contributed by atoms with van der Waals surface area (Å²) in [5, 5.41) is 7.10. The van der Waals surface area contributed by atoms with Gasteiger partial charge in [-0.2, -0.15) is 0 Å². The zero-order chi connectivity index (χ0) is 14.0. The summed E-state index contributed by atoms with van der Waals surface area (Å²) in [6.07, 6.45) is 1.75. The van der Waals surface area contributed by atoms with E-state index < -0.39 is 0 Å². The lowest BCUT2D eigenvalue weighted by Crippen LogP contribution is -2.06. The zero-order valence-corrected chi connectivity index (χ0v) is 11.8. The SMILES string of the molecule is CC(=O)Nc1ccc(Oc2ccn(C)n2)c(Cl)c1Cl. The average molecular weight is 300 g/mol. The molecule has 19 heavy (non-hydrogen) atoms. The van der Waals surface area contributed by atoms with Crippen LogP contribution in [0.3, 0.4) is 0 Å². The van der Waals surface area contributed by atoms with Crippen LogP contribution in [-0.2, 0) is 11.8 Å². The Morgan fingerprint density at radius 1 is 1.32 bits per heavy atom. The summed E-state index contributed by atoms with van der Waals surface area (Å²) in [7, 11) is 1.78. The van der Waals surface area contributed by atoms with Crippen molar-refractivity contribution in [1.29, 1.82) is 0 Å². The van der Waals surface area contributed by atoms with Gasteiger partial charge >= 0.3 is 0 Å². The van der Waals surface area contributed by atoms with Crippen molar-refractivity contribution in [1.82, 2.24) is 9.78 Å². The van der Waals surface area contributed by atoms with Crippen molar-refractivity contribution in [2.24, 2.45) is 7.05 Å². The maximum Gasteiger partial charge on any atom is 0.238 e. The number of nitrogens with one attached hydrogen (secondary N) is 1. The number of ether oxygens (including phenoxy) is 1. The van der Waals surface area contributed by atoms with E-state index in [0.717, 1.165) is 0 Å². The number of halogens is 2.